The van der Waals surface area contributed by atoms with Crippen LogP contribution in [0, 0.1) is 0 Å². The molecule has 0 aliphatic heterocycles. The molecule has 0 bridgehead atoms. The smallest absolute Gasteiger partial charge is 0.439 e. The summed E-state index contributed by atoms with van der Waals surface area (Å²) in [6.45, 7) is 0. The minimum atomic E-state index is -5.78. The zero-order valence-corrected chi connectivity index (χ0v) is 12.7. The molecular weight excluding hydrogens is 364 g/mol. The van der Waals surface area contributed by atoms with Gasteiger partial charge in [-0.25, -0.2) is 4.39 Å². The van der Waals surface area contributed by atoms with Crippen molar-refractivity contribution in [2.24, 2.45) is 10.8 Å². The standard InChI is InChI=1S/C12H11F6N3O2S/c1-22-8-4-6(5-20-21-10(19)24)2-3-7(8)23-12(17,18)9(13)11(14,15)16/h2-5,9H,1H3,(H3,19,21,24). The average Bonchev–Trinajstić information content (AvgIpc) is 2.46. The SMILES string of the molecule is COc1cc(C=NNC(N)=S)ccc1OC(F)(F)C(F)C(F)(F)F. The second-order valence-electron chi connectivity index (χ2n) is 4.21. The number of hydrogen-bond donors (Lipinski definition) is 2. The zero-order valence-electron chi connectivity index (χ0n) is 11.9. The molecule has 3 N–H and O–H groups in total. The highest BCUT2D eigenvalue weighted by Crippen LogP contribution is 2.39. The van der Waals surface area contributed by atoms with Crippen LogP contribution in [0.4, 0.5) is 26.3 Å². The summed E-state index contributed by atoms with van der Waals surface area (Å²) in [5, 5.41) is 3.46. The fourth-order valence-corrected chi connectivity index (χ4v) is 1.46. The molecule has 0 aliphatic carbocycles. The summed E-state index contributed by atoms with van der Waals surface area (Å²) < 4.78 is 84.2. The summed E-state index contributed by atoms with van der Waals surface area (Å²) in [6, 6.07) is 3.16. The summed E-state index contributed by atoms with van der Waals surface area (Å²) in [4.78, 5) is 0. The number of hydrazone groups is 1. The second-order valence-corrected chi connectivity index (χ2v) is 4.65. The van der Waals surface area contributed by atoms with Gasteiger partial charge in [0, 0.05) is 0 Å². The van der Waals surface area contributed by atoms with E-state index in [4.69, 9.17) is 10.5 Å². The van der Waals surface area contributed by atoms with E-state index in [0.717, 1.165) is 19.2 Å². The number of hydrogen-bond acceptors (Lipinski definition) is 4. The number of rotatable bonds is 6. The van der Waals surface area contributed by atoms with Crippen molar-refractivity contribution < 1.29 is 35.8 Å². The maximum atomic E-state index is 13.3. The number of nitrogens with two attached hydrogens (primary N) is 1. The third kappa shape index (κ3) is 5.44. The topological polar surface area (TPSA) is 68.9 Å². The zero-order chi connectivity index (χ0) is 18.5. The predicted molar refractivity (Wildman–Crippen MR) is 77.0 cm³/mol. The van der Waals surface area contributed by atoms with Gasteiger partial charge in [-0.2, -0.15) is 27.1 Å². The summed E-state index contributed by atoms with van der Waals surface area (Å²) in [6.07, 6.45) is -14.2. The second kappa shape index (κ2) is 7.55. The summed E-state index contributed by atoms with van der Waals surface area (Å²) in [7, 11) is 1.06. The first kappa shape index (κ1) is 19.8. The van der Waals surface area contributed by atoms with E-state index >= 15 is 0 Å². The lowest BCUT2D eigenvalue weighted by Gasteiger charge is -2.24. The largest absolute Gasteiger partial charge is 0.493 e. The molecule has 5 nitrogen and oxygen atoms in total. The highest BCUT2D eigenvalue weighted by atomic mass is 32.1. The summed E-state index contributed by atoms with van der Waals surface area (Å²) in [5.41, 5.74) is 7.64. The number of halogens is 6. The number of thiocarbonyl (C=S) groups is 1. The highest BCUT2D eigenvalue weighted by molar-refractivity contribution is 7.80. The van der Waals surface area contributed by atoms with Gasteiger partial charge in [0.1, 0.15) is 0 Å². The number of nitrogens with one attached hydrogen (secondary N) is 1. The van der Waals surface area contributed by atoms with Crippen molar-refractivity contribution in [3.63, 3.8) is 0 Å². The molecule has 0 aliphatic rings. The monoisotopic (exact) mass is 375 g/mol. The maximum absolute atomic E-state index is 13.3. The van der Waals surface area contributed by atoms with E-state index in [2.05, 4.69) is 27.5 Å². The Labute approximate surface area is 137 Å². The first-order valence-corrected chi connectivity index (χ1v) is 6.42. The molecule has 0 fully saturated rings. The van der Waals surface area contributed by atoms with Crippen LogP contribution in [0.2, 0.25) is 0 Å². The molecule has 12 heteroatoms. The van der Waals surface area contributed by atoms with E-state index < -0.39 is 24.2 Å². The van der Waals surface area contributed by atoms with Crippen LogP contribution in [-0.4, -0.2) is 36.9 Å². The Morgan fingerprint density at radius 3 is 2.42 bits per heavy atom. The van der Waals surface area contributed by atoms with Crippen LogP contribution in [0.25, 0.3) is 0 Å². The van der Waals surface area contributed by atoms with Crippen LogP contribution in [-0.2, 0) is 0 Å². The van der Waals surface area contributed by atoms with Crippen molar-refractivity contribution in [2.45, 2.75) is 18.5 Å². The molecule has 0 saturated carbocycles. The van der Waals surface area contributed by atoms with Crippen molar-refractivity contribution in [3.8, 4) is 11.5 Å². The molecule has 0 saturated heterocycles. The van der Waals surface area contributed by atoms with Crippen molar-refractivity contribution in [3.05, 3.63) is 23.8 Å². The van der Waals surface area contributed by atoms with Gasteiger partial charge >= 0.3 is 12.3 Å². The predicted octanol–water partition coefficient (Wildman–Crippen LogP) is 2.73. The van der Waals surface area contributed by atoms with Crippen molar-refractivity contribution >= 4 is 23.5 Å². The van der Waals surface area contributed by atoms with Crippen LogP contribution in [0.5, 0.6) is 11.5 Å². The fraction of sp³-hybridized carbons (Fsp3) is 0.333. The van der Waals surface area contributed by atoms with Crippen LogP contribution in [0.15, 0.2) is 23.3 Å². The van der Waals surface area contributed by atoms with Gasteiger partial charge in [-0.05, 0) is 36.0 Å². The Bertz CT molecular complexity index is 623. The average molecular weight is 375 g/mol. The lowest BCUT2D eigenvalue weighted by atomic mass is 10.2. The van der Waals surface area contributed by atoms with E-state index in [1.807, 2.05) is 0 Å². The third-order valence-electron chi connectivity index (χ3n) is 2.40. The number of nitrogens with zero attached hydrogens (tertiary/aromatic N) is 1. The normalized spacial score (nSPS) is 13.6. The van der Waals surface area contributed by atoms with Crippen LogP contribution >= 0.6 is 12.2 Å². The van der Waals surface area contributed by atoms with E-state index in [1.54, 1.807) is 0 Å². The van der Waals surface area contributed by atoms with E-state index in [1.165, 1.54) is 12.3 Å². The Morgan fingerprint density at radius 1 is 1.29 bits per heavy atom. The molecule has 0 aromatic heterocycles. The van der Waals surface area contributed by atoms with Crippen molar-refractivity contribution in [1.29, 1.82) is 0 Å². The van der Waals surface area contributed by atoms with E-state index in [0.29, 0.717) is 5.56 Å². The van der Waals surface area contributed by atoms with Crippen molar-refractivity contribution in [1.82, 2.24) is 5.43 Å². The van der Waals surface area contributed by atoms with Gasteiger partial charge in [-0.3, -0.25) is 5.43 Å². The Morgan fingerprint density at radius 2 is 1.92 bits per heavy atom. The molecule has 134 valence electrons. The minimum Gasteiger partial charge on any atom is -0.493 e. The molecule has 0 amide bonds. The lowest BCUT2D eigenvalue weighted by molar-refractivity contribution is -0.305. The third-order valence-corrected chi connectivity index (χ3v) is 2.50. The quantitative estimate of drug-likeness (QED) is 0.346. The van der Waals surface area contributed by atoms with Gasteiger partial charge in [-0.1, -0.05) is 0 Å². The first-order valence-electron chi connectivity index (χ1n) is 6.01. The molecule has 1 atom stereocenters. The number of methoxy groups -OCH3 is 1. The van der Waals surface area contributed by atoms with Crippen molar-refractivity contribution in [2.75, 3.05) is 7.11 Å². The maximum Gasteiger partial charge on any atom is 0.439 e. The van der Waals surface area contributed by atoms with Gasteiger partial charge in [0.2, 0.25) is 0 Å². The number of ether oxygens (including phenoxy) is 2. The molecule has 1 unspecified atom stereocenters. The van der Waals surface area contributed by atoms with Crippen LogP contribution in [0.3, 0.4) is 0 Å². The molecule has 0 spiro atoms. The molecule has 1 aromatic rings. The molecule has 0 radical (unpaired) electrons. The Kier molecular flexibility index (Phi) is 6.23. The minimum absolute atomic E-state index is 0.126. The lowest BCUT2D eigenvalue weighted by Crippen LogP contribution is -2.45. The van der Waals surface area contributed by atoms with E-state index in [-0.39, 0.29) is 10.9 Å². The van der Waals surface area contributed by atoms with Crippen LogP contribution in [0.1, 0.15) is 5.56 Å². The molecule has 24 heavy (non-hydrogen) atoms. The first-order chi connectivity index (χ1) is 11.0. The van der Waals surface area contributed by atoms with Gasteiger partial charge in [0.05, 0.1) is 13.3 Å². The van der Waals surface area contributed by atoms with Gasteiger partial charge in [0.25, 0.3) is 6.17 Å². The number of alkyl halides is 6. The highest BCUT2D eigenvalue weighted by Gasteiger charge is 2.59. The summed E-state index contributed by atoms with van der Waals surface area (Å²) in [5.74, 6) is -1.14. The van der Waals surface area contributed by atoms with E-state index in [9.17, 15) is 26.3 Å². The molecule has 0 heterocycles. The van der Waals surface area contributed by atoms with Gasteiger partial charge in [0.15, 0.2) is 16.6 Å². The molecular formula is C12H11F6N3O2S. The van der Waals surface area contributed by atoms with Gasteiger partial charge < -0.3 is 15.2 Å². The molecule has 1 aromatic carbocycles. The fourth-order valence-electron chi connectivity index (χ4n) is 1.41. The Hall–Kier alpha value is -2.24. The number of benzene rings is 1. The van der Waals surface area contributed by atoms with Gasteiger partial charge in [-0.15, -0.1) is 0 Å². The Balaban J connectivity index is 3.00. The summed E-state index contributed by atoms with van der Waals surface area (Å²) >= 11 is 4.49. The molecule has 1 rings (SSSR count). The van der Waals surface area contributed by atoms with Crippen LogP contribution < -0.4 is 20.6 Å².